The molecule has 1 aliphatic rings. The van der Waals surface area contributed by atoms with Crippen LogP contribution in [0.5, 0.6) is 0 Å². The average molecular weight is 408 g/mol. The summed E-state index contributed by atoms with van der Waals surface area (Å²) >= 11 is 6.07. The lowest BCUT2D eigenvalue weighted by Crippen LogP contribution is -2.45. The molecule has 5 nitrogen and oxygen atoms in total. The first-order valence-corrected chi connectivity index (χ1v) is 10.9. The first-order chi connectivity index (χ1) is 12.8. The molecule has 2 aromatic carbocycles. The van der Waals surface area contributed by atoms with Gasteiger partial charge in [-0.15, -0.1) is 0 Å². The highest BCUT2D eigenvalue weighted by atomic mass is 35.5. The number of piperazine rings is 1. The Labute approximate surface area is 167 Å². The van der Waals surface area contributed by atoms with E-state index < -0.39 is 10.0 Å². The predicted molar refractivity (Wildman–Crippen MR) is 109 cm³/mol. The van der Waals surface area contributed by atoms with E-state index in [1.54, 1.807) is 26.2 Å². The van der Waals surface area contributed by atoms with Crippen LogP contribution in [0.3, 0.4) is 0 Å². The summed E-state index contributed by atoms with van der Waals surface area (Å²) in [5.74, 6) is 0. The van der Waals surface area contributed by atoms with Crippen molar-refractivity contribution in [3.8, 4) is 0 Å². The second-order valence-electron chi connectivity index (χ2n) is 7.12. The van der Waals surface area contributed by atoms with Gasteiger partial charge in [0.1, 0.15) is 0 Å². The van der Waals surface area contributed by atoms with Gasteiger partial charge in [0.2, 0.25) is 10.0 Å². The molecule has 3 rings (SSSR count). The van der Waals surface area contributed by atoms with E-state index in [1.807, 2.05) is 30.3 Å². The molecule has 2 aromatic rings. The Hall–Kier alpha value is -1.44. The van der Waals surface area contributed by atoms with Crippen molar-refractivity contribution in [2.45, 2.75) is 18.0 Å². The number of sulfonamides is 1. The second-order valence-corrected chi connectivity index (χ2v) is 9.71. The highest BCUT2D eigenvalue weighted by Crippen LogP contribution is 2.18. The lowest BCUT2D eigenvalue weighted by molar-refractivity contribution is 0.122. The van der Waals surface area contributed by atoms with E-state index in [0.29, 0.717) is 4.90 Å². The smallest absolute Gasteiger partial charge is 0.242 e. The van der Waals surface area contributed by atoms with Gasteiger partial charge in [0.05, 0.1) is 4.90 Å². The summed E-state index contributed by atoms with van der Waals surface area (Å²) in [6.07, 6.45) is 0. The van der Waals surface area contributed by atoms with Gasteiger partial charge >= 0.3 is 0 Å². The fourth-order valence-corrected chi connectivity index (χ4v) is 4.46. The Kier molecular flexibility index (Phi) is 6.55. The molecule has 1 saturated heterocycles. The Bertz CT molecular complexity index is 878. The van der Waals surface area contributed by atoms with Crippen LogP contribution in [0.15, 0.2) is 53.4 Å². The quantitative estimate of drug-likeness (QED) is 0.738. The van der Waals surface area contributed by atoms with Crippen LogP contribution in [0.2, 0.25) is 5.02 Å². The van der Waals surface area contributed by atoms with Gasteiger partial charge in [-0.2, -0.15) is 0 Å². The summed E-state index contributed by atoms with van der Waals surface area (Å²) in [7, 11) is -0.278. The Morgan fingerprint density at radius 2 is 1.41 bits per heavy atom. The van der Waals surface area contributed by atoms with Crippen molar-refractivity contribution in [2.24, 2.45) is 0 Å². The zero-order valence-electron chi connectivity index (χ0n) is 15.8. The lowest BCUT2D eigenvalue weighted by Gasteiger charge is -2.34. The molecule has 0 unspecified atom stereocenters. The maximum Gasteiger partial charge on any atom is 0.242 e. The number of hydrogen-bond donors (Lipinski definition) is 0. The molecule has 0 spiro atoms. The van der Waals surface area contributed by atoms with Crippen LogP contribution >= 0.6 is 11.6 Å². The number of halogens is 1. The van der Waals surface area contributed by atoms with E-state index in [9.17, 15) is 8.42 Å². The highest BCUT2D eigenvalue weighted by molar-refractivity contribution is 7.89. The van der Waals surface area contributed by atoms with E-state index >= 15 is 0 Å². The van der Waals surface area contributed by atoms with E-state index in [-0.39, 0.29) is 0 Å². The fraction of sp³-hybridized carbons (Fsp3) is 0.400. The largest absolute Gasteiger partial charge is 0.297 e. The predicted octanol–water partition coefficient (Wildman–Crippen LogP) is 2.91. The van der Waals surface area contributed by atoms with Gasteiger partial charge in [0, 0.05) is 58.4 Å². The molecule has 0 amide bonds. The molecule has 1 fully saturated rings. The van der Waals surface area contributed by atoms with Gasteiger partial charge in [-0.25, -0.2) is 12.7 Å². The molecule has 0 radical (unpaired) electrons. The maximum absolute atomic E-state index is 12.3. The minimum atomic E-state index is -3.39. The highest BCUT2D eigenvalue weighted by Gasteiger charge is 2.20. The van der Waals surface area contributed by atoms with Crippen molar-refractivity contribution in [2.75, 3.05) is 40.3 Å². The van der Waals surface area contributed by atoms with Crippen LogP contribution in [-0.2, 0) is 23.1 Å². The van der Waals surface area contributed by atoms with Crippen LogP contribution in [0.4, 0.5) is 0 Å². The normalized spacial score (nSPS) is 16.7. The molecule has 1 heterocycles. The first-order valence-electron chi connectivity index (χ1n) is 9.05. The van der Waals surface area contributed by atoms with Crippen LogP contribution in [0, 0.1) is 0 Å². The van der Waals surface area contributed by atoms with Crippen molar-refractivity contribution >= 4 is 21.6 Å². The molecular formula is C20H26ClN3O2S. The minimum Gasteiger partial charge on any atom is -0.297 e. The van der Waals surface area contributed by atoms with Gasteiger partial charge in [0.25, 0.3) is 0 Å². The average Bonchev–Trinajstić information content (AvgIpc) is 2.63. The van der Waals surface area contributed by atoms with Gasteiger partial charge in [-0.05, 0) is 35.4 Å². The van der Waals surface area contributed by atoms with E-state index in [1.165, 1.54) is 9.87 Å². The summed E-state index contributed by atoms with van der Waals surface area (Å²) in [4.78, 5) is 5.15. The van der Waals surface area contributed by atoms with E-state index in [2.05, 4.69) is 15.9 Å². The van der Waals surface area contributed by atoms with E-state index in [4.69, 9.17) is 11.6 Å². The summed E-state index contributed by atoms with van der Waals surface area (Å²) < 4.78 is 25.9. The van der Waals surface area contributed by atoms with Gasteiger partial charge in [0.15, 0.2) is 0 Å². The Morgan fingerprint density at radius 1 is 0.889 bits per heavy atom. The third-order valence-electron chi connectivity index (χ3n) is 4.84. The lowest BCUT2D eigenvalue weighted by atomic mass is 10.1. The molecule has 0 aliphatic carbocycles. The Morgan fingerprint density at radius 3 is 1.93 bits per heavy atom. The van der Waals surface area contributed by atoms with Crippen molar-refractivity contribution < 1.29 is 8.42 Å². The van der Waals surface area contributed by atoms with Crippen LogP contribution in [0.25, 0.3) is 0 Å². The molecular weight excluding hydrogens is 382 g/mol. The molecule has 0 bridgehead atoms. The molecule has 0 N–H and O–H groups in total. The zero-order valence-corrected chi connectivity index (χ0v) is 17.4. The SMILES string of the molecule is CN(C)S(=O)(=O)c1cccc(CN2CCN(Cc3cccc(Cl)c3)CC2)c1. The molecule has 7 heteroatoms. The van der Waals surface area contributed by atoms with E-state index in [0.717, 1.165) is 49.9 Å². The number of nitrogens with zero attached hydrogens (tertiary/aromatic N) is 3. The van der Waals surface area contributed by atoms with Gasteiger partial charge < -0.3 is 0 Å². The topological polar surface area (TPSA) is 43.9 Å². The number of hydrogen-bond acceptors (Lipinski definition) is 4. The Balaban J connectivity index is 1.56. The van der Waals surface area contributed by atoms with Crippen molar-refractivity contribution in [1.29, 1.82) is 0 Å². The first kappa shape index (κ1) is 20.3. The summed E-state index contributed by atoms with van der Waals surface area (Å²) in [6, 6.07) is 15.3. The molecule has 146 valence electrons. The fourth-order valence-electron chi connectivity index (χ4n) is 3.27. The van der Waals surface area contributed by atoms with Gasteiger partial charge in [-0.3, -0.25) is 9.80 Å². The zero-order chi connectivity index (χ0) is 19.4. The summed E-state index contributed by atoms with van der Waals surface area (Å²) in [6.45, 7) is 5.58. The summed E-state index contributed by atoms with van der Waals surface area (Å²) in [5.41, 5.74) is 2.26. The number of benzene rings is 2. The van der Waals surface area contributed by atoms with Crippen LogP contribution in [-0.4, -0.2) is 62.8 Å². The molecule has 0 atom stereocenters. The molecule has 27 heavy (non-hydrogen) atoms. The monoisotopic (exact) mass is 407 g/mol. The third-order valence-corrected chi connectivity index (χ3v) is 6.89. The number of rotatable bonds is 6. The maximum atomic E-state index is 12.3. The molecule has 1 aliphatic heterocycles. The van der Waals surface area contributed by atoms with Crippen molar-refractivity contribution in [3.05, 3.63) is 64.7 Å². The van der Waals surface area contributed by atoms with Crippen molar-refractivity contribution in [3.63, 3.8) is 0 Å². The van der Waals surface area contributed by atoms with Crippen molar-refractivity contribution in [1.82, 2.24) is 14.1 Å². The van der Waals surface area contributed by atoms with Crippen LogP contribution in [0.1, 0.15) is 11.1 Å². The molecule has 0 aromatic heterocycles. The minimum absolute atomic E-state index is 0.351. The molecule has 0 saturated carbocycles. The van der Waals surface area contributed by atoms with Crippen LogP contribution < -0.4 is 0 Å². The standard InChI is InChI=1S/C20H26ClN3O2S/c1-22(2)27(25,26)20-8-4-6-18(14-20)16-24-11-9-23(10-12-24)15-17-5-3-7-19(21)13-17/h3-8,13-14H,9-12,15-16H2,1-2H3. The second kappa shape index (κ2) is 8.71. The third kappa shape index (κ3) is 5.30. The summed E-state index contributed by atoms with van der Waals surface area (Å²) in [5, 5.41) is 0.777. The van der Waals surface area contributed by atoms with Gasteiger partial charge in [-0.1, -0.05) is 35.9 Å².